The van der Waals surface area contributed by atoms with E-state index < -0.39 is 0 Å². The maximum Gasteiger partial charge on any atom is 1.00 e. The summed E-state index contributed by atoms with van der Waals surface area (Å²) < 4.78 is 0. The molecule has 0 amide bonds. The molecule has 0 aliphatic carbocycles. The van der Waals surface area contributed by atoms with E-state index in [0.717, 1.165) is 14.2 Å². The molecule has 0 saturated carbocycles. The van der Waals surface area contributed by atoms with E-state index in [1.54, 1.807) is 0 Å². The molecular weight excluding hydrogens is 134 g/mol. The molecule has 0 aliphatic rings. The second-order valence-corrected chi connectivity index (χ2v) is 0. The van der Waals surface area contributed by atoms with Gasteiger partial charge in [-0.05, 0) is 0 Å². The first-order valence-corrected chi connectivity index (χ1v) is 0.816. The minimum absolute atomic E-state index is 0. The minimum Gasteiger partial charge on any atom is -0.857 e. The van der Waals surface area contributed by atoms with E-state index in [2.05, 4.69) is 0 Å². The van der Waals surface area contributed by atoms with E-state index in [-0.39, 0.29) is 103 Å². The first-order valence-electron chi connectivity index (χ1n) is 0.816. The molecule has 28 valence electrons. The van der Waals surface area contributed by atoms with Crippen LogP contribution in [0, 0.1) is 0 Å². The molecule has 2 nitrogen and oxygen atoms in total. The Balaban J connectivity index is -0.00000000500. The van der Waals surface area contributed by atoms with Crippen molar-refractivity contribution >= 4 is 0 Å². The van der Waals surface area contributed by atoms with E-state index in [1.165, 1.54) is 0 Å². The molecule has 0 bridgehead atoms. The summed E-state index contributed by atoms with van der Waals surface area (Å²) in [6, 6.07) is 0. The van der Waals surface area contributed by atoms with Crippen LogP contribution >= 0.6 is 0 Å². The van der Waals surface area contributed by atoms with Crippen molar-refractivity contribution in [3.05, 3.63) is 0 Å². The first kappa shape index (κ1) is 22.9. The van der Waals surface area contributed by atoms with E-state index in [9.17, 15) is 0 Å². The van der Waals surface area contributed by atoms with Gasteiger partial charge < -0.3 is 10.2 Å². The number of hydrogen-bond donors (Lipinski definition) is 0. The Morgan fingerprint density at radius 1 is 0.667 bits per heavy atom. The summed E-state index contributed by atoms with van der Waals surface area (Å²) in [5.74, 6) is 0. The molecule has 0 aromatic heterocycles. The summed E-state index contributed by atoms with van der Waals surface area (Å²) in [7, 11) is 1.50. The van der Waals surface area contributed by atoms with Gasteiger partial charge in [0.25, 0.3) is 0 Å². The predicted octanol–water partition coefficient (Wildman–Crippen LogP) is -8.04. The molecule has 0 saturated heterocycles. The average molecular weight is 140 g/mol. The van der Waals surface area contributed by atoms with Gasteiger partial charge in [0.2, 0.25) is 0 Å². The van der Waals surface area contributed by atoms with Gasteiger partial charge in [-0.25, -0.2) is 0 Å². The van der Waals surface area contributed by atoms with Gasteiger partial charge in [0.15, 0.2) is 0 Å². The molecule has 0 aromatic rings. The summed E-state index contributed by atoms with van der Waals surface area (Å²) in [5, 5.41) is 16.5. The first-order chi connectivity index (χ1) is 2.00. The van der Waals surface area contributed by atoms with Gasteiger partial charge in [0.05, 0.1) is 0 Å². The summed E-state index contributed by atoms with van der Waals surface area (Å²) in [4.78, 5) is 0. The van der Waals surface area contributed by atoms with E-state index >= 15 is 0 Å². The minimum atomic E-state index is 0. The van der Waals surface area contributed by atoms with E-state index in [0.29, 0.717) is 0 Å². The molecule has 0 atom stereocenters. The third-order valence-electron chi connectivity index (χ3n) is 0. The molecule has 0 aliphatic heterocycles. The maximum atomic E-state index is 8.25. The van der Waals surface area contributed by atoms with Gasteiger partial charge in [-0.1, -0.05) is 0 Å². The molecule has 0 rings (SSSR count). The zero-order valence-corrected chi connectivity index (χ0v) is 11.1. The zero-order chi connectivity index (χ0) is 4.00. The molecule has 0 radical (unpaired) electrons. The van der Waals surface area contributed by atoms with Crippen LogP contribution in [0.1, 0.15) is 0 Å². The Hall–Kier alpha value is 3.19. The van der Waals surface area contributed by atoms with Crippen molar-refractivity contribution in [3.63, 3.8) is 0 Å². The fourth-order valence-electron chi connectivity index (χ4n) is 0. The maximum absolute atomic E-state index is 8.25. The molecule has 0 fully saturated rings. The van der Waals surface area contributed by atoms with Gasteiger partial charge in [-0.15, -0.1) is 0 Å². The Morgan fingerprint density at radius 2 is 0.667 bits per heavy atom. The molecule has 6 heavy (non-hydrogen) atoms. The SMILES string of the molecule is C[O-].C[O-].[K+].[K+]. The fourth-order valence-corrected chi connectivity index (χ4v) is 0. The van der Waals surface area contributed by atoms with Gasteiger partial charge in [0, 0.05) is 0 Å². The number of hydrogen-bond acceptors (Lipinski definition) is 2. The molecule has 0 aromatic carbocycles. The summed E-state index contributed by atoms with van der Waals surface area (Å²) in [6.45, 7) is 0. The Labute approximate surface area is 124 Å². The quantitative estimate of drug-likeness (QED) is 0.314. The largest absolute Gasteiger partial charge is 1.00 e. The van der Waals surface area contributed by atoms with Crippen LogP contribution in [-0.4, -0.2) is 14.2 Å². The van der Waals surface area contributed by atoms with Crippen molar-refractivity contribution in [3.8, 4) is 0 Å². The average Bonchev–Trinajstić information content (AvgIpc) is 1.50. The Morgan fingerprint density at radius 3 is 0.667 bits per heavy atom. The van der Waals surface area contributed by atoms with Crippen LogP contribution in [0.15, 0.2) is 0 Å². The van der Waals surface area contributed by atoms with Crippen LogP contribution in [-0.2, 0) is 0 Å². The fraction of sp³-hybridized carbons (Fsp3) is 1.00. The van der Waals surface area contributed by atoms with Gasteiger partial charge >= 0.3 is 103 Å². The van der Waals surface area contributed by atoms with E-state index in [4.69, 9.17) is 10.2 Å². The Bertz CT molecular complexity index is 9.51. The smallest absolute Gasteiger partial charge is 0.857 e. The molecular formula is C2H6K2O2. The van der Waals surface area contributed by atoms with Crippen molar-refractivity contribution in [2.45, 2.75) is 0 Å². The van der Waals surface area contributed by atoms with Crippen molar-refractivity contribution in [1.29, 1.82) is 0 Å². The molecule has 0 unspecified atom stereocenters. The van der Waals surface area contributed by atoms with Gasteiger partial charge in [-0.2, -0.15) is 14.2 Å². The molecule has 0 heterocycles. The standard InChI is InChI=1S/2CH3O.2K/c2*1-2;;/h2*1H3;;/q2*-1;2*+1. The van der Waals surface area contributed by atoms with E-state index in [1.807, 2.05) is 0 Å². The Kier molecular flexibility index (Phi) is 159. The predicted molar refractivity (Wildman–Crippen MR) is 11.8 cm³/mol. The summed E-state index contributed by atoms with van der Waals surface area (Å²) in [5.41, 5.74) is 0. The number of rotatable bonds is 0. The monoisotopic (exact) mass is 140 g/mol. The van der Waals surface area contributed by atoms with Crippen LogP contribution in [0.3, 0.4) is 0 Å². The molecule has 0 N–H and O–H groups in total. The normalized spacial score (nSPS) is 2.00. The van der Waals surface area contributed by atoms with Gasteiger partial charge in [0.1, 0.15) is 0 Å². The second kappa shape index (κ2) is 41.6. The van der Waals surface area contributed by atoms with Crippen LogP contribution in [0.2, 0.25) is 0 Å². The van der Waals surface area contributed by atoms with Crippen LogP contribution < -0.4 is 113 Å². The molecule has 4 heteroatoms. The molecule has 0 spiro atoms. The van der Waals surface area contributed by atoms with Crippen LogP contribution in [0.5, 0.6) is 0 Å². The van der Waals surface area contributed by atoms with Crippen molar-refractivity contribution < 1.29 is 113 Å². The van der Waals surface area contributed by atoms with Crippen molar-refractivity contribution in [2.24, 2.45) is 0 Å². The van der Waals surface area contributed by atoms with Crippen molar-refractivity contribution in [1.82, 2.24) is 0 Å². The third-order valence-corrected chi connectivity index (χ3v) is 0. The zero-order valence-electron chi connectivity index (χ0n) is 4.82. The topological polar surface area (TPSA) is 46.1 Å². The van der Waals surface area contributed by atoms with Crippen LogP contribution in [0.25, 0.3) is 0 Å². The van der Waals surface area contributed by atoms with Crippen molar-refractivity contribution in [2.75, 3.05) is 14.2 Å². The second-order valence-electron chi connectivity index (χ2n) is 0. The summed E-state index contributed by atoms with van der Waals surface area (Å²) >= 11 is 0. The van der Waals surface area contributed by atoms with Gasteiger partial charge in [-0.3, -0.25) is 0 Å². The van der Waals surface area contributed by atoms with Crippen LogP contribution in [0.4, 0.5) is 0 Å². The summed E-state index contributed by atoms with van der Waals surface area (Å²) in [6.07, 6.45) is 0. The third kappa shape index (κ3) is 27.1.